The van der Waals surface area contributed by atoms with Gasteiger partial charge in [0.2, 0.25) is 0 Å². The second-order valence-corrected chi connectivity index (χ2v) is 2.71. The number of nitrogens with two attached hydrogens (primary N) is 1. The number of nitrogens with zero attached hydrogens (tertiary/aromatic N) is 1. The minimum atomic E-state index is 0.413. The normalized spacial score (nSPS) is 9.18. The minimum Gasteiger partial charge on any atom is -0.398 e. The predicted octanol–water partition coefficient (Wildman–Crippen LogP) is 2.10. The maximum Gasteiger partial charge on any atom is 0.101 e. The third-order valence-corrected chi connectivity index (χ3v) is 1.79. The number of anilines is 1. The van der Waals surface area contributed by atoms with E-state index in [9.17, 15) is 0 Å². The summed E-state index contributed by atoms with van der Waals surface area (Å²) < 4.78 is 0. The average molecular weight is 167 g/mol. The topological polar surface area (TPSA) is 49.8 Å². The van der Waals surface area contributed by atoms with Gasteiger partial charge < -0.3 is 5.73 Å². The van der Waals surface area contributed by atoms with Crippen LogP contribution in [0.25, 0.3) is 0 Å². The van der Waals surface area contributed by atoms with Gasteiger partial charge in [0.05, 0.1) is 10.6 Å². The summed E-state index contributed by atoms with van der Waals surface area (Å²) in [6, 6.07) is 5.25. The van der Waals surface area contributed by atoms with Crippen LogP contribution in [0.5, 0.6) is 0 Å². The second kappa shape index (κ2) is 2.81. The molecule has 1 aromatic rings. The number of hydrogen-bond acceptors (Lipinski definition) is 2. The predicted molar refractivity (Wildman–Crippen MR) is 45.3 cm³/mol. The van der Waals surface area contributed by atoms with Crippen LogP contribution >= 0.6 is 11.6 Å². The van der Waals surface area contributed by atoms with Gasteiger partial charge in [0, 0.05) is 5.69 Å². The van der Waals surface area contributed by atoms with E-state index in [1.807, 2.05) is 13.0 Å². The molecule has 0 unspecified atom stereocenters. The van der Waals surface area contributed by atoms with Crippen molar-refractivity contribution < 1.29 is 0 Å². The molecule has 2 nitrogen and oxygen atoms in total. The number of benzene rings is 1. The molecule has 0 saturated heterocycles. The molecule has 0 heterocycles. The van der Waals surface area contributed by atoms with Crippen LogP contribution in [0.1, 0.15) is 11.1 Å². The first kappa shape index (κ1) is 7.90. The van der Waals surface area contributed by atoms with Crippen LogP contribution in [-0.4, -0.2) is 0 Å². The van der Waals surface area contributed by atoms with E-state index in [2.05, 4.69) is 0 Å². The van der Waals surface area contributed by atoms with Crippen LogP contribution in [0.4, 0.5) is 5.69 Å². The van der Waals surface area contributed by atoms with Gasteiger partial charge in [0.15, 0.2) is 0 Å². The Morgan fingerprint density at radius 3 is 2.73 bits per heavy atom. The zero-order valence-corrected chi connectivity index (χ0v) is 6.81. The first-order valence-electron chi connectivity index (χ1n) is 3.11. The van der Waals surface area contributed by atoms with Crippen molar-refractivity contribution in [1.82, 2.24) is 0 Å². The van der Waals surface area contributed by atoms with E-state index in [1.165, 1.54) is 0 Å². The van der Waals surface area contributed by atoms with Gasteiger partial charge >= 0.3 is 0 Å². The number of aryl methyl sites for hydroxylation is 1. The molecule has 0 spiro atoms. The van der Waals surface area contributed by atoms with Crippen LogP contribution in [-0.2, 0) is 0 Å². The fourth-order valence-electron chi connectivity index (χ4n) is 0.783. The molecule has 0 fully saturated rings. The van der Waals surface area contributed by atoms with Crippen LogP contribution in [0.3, 0.4) is 0 Å². The van der Waals surface area contributed by atoms with Crippen LogP contribution in [0, 0.1) is 18.3 Å². The maximum absolute atomic E-state index is 8.56. The SMILES string of the molecule is Cc1cc(C#N)c(Cl)cc1N. The fraction of sp³-hybridized carbons (Fsp3) is 0.125. The Kier molecular flexibility index (Phi) is 2.02. The Balaban J connectivity index is 3.35. The Morgan fingerprint density at radius 2 is 2.18 bits per heavy atom. The Bertz CT molecular complexity index is 326. The summed E-state index contributed by atoms with van der Waals surface area (Å²) >= 11 is 5.70. The molecule has 0 amide bonds. The summed E-state index contributed by atoms with van der Waals surface area (Å²) in [6.07, 6.45) is 0. The Labute approximate surface area is 70.2 Å². The molecule has 56 valence electrons. The molecule has 0 aliphatic carbocycles. The highest BCUT2D eigenvalue weighted by Gasteiger charge is 2.01. The molecule has 0 aliphatic rings. The number of hydrogen-bond donors (Lipinski definition) is 1. The second-order valence-electron chi connectivity index (χ2n) is 2.30. The van der Waals surface area contributed by atoms with E-state index in [0.717, 1.165) is 5.56 Å². The highest BCUT2D eigenvalue weighted by molar-refractivity contribution is 6.32. The third kappa shape index (κ3) is 1.44. The van der Waals surface area contributed by atoms with Gasteiger partial charge in [0.25, 0.3) is 0 Å². The lowest BCUT2D eigenvalue weighted by molar-refractivity contribution is 1.42. The van der Waals surface area contributed by atoms with Gasteiger partial charge in [-0.25, -0.2) is 0 Å². The highest BCUT2D eigenvalue weighted by atomic mass is 35.5. The monoisotopic (exact) mass is 166 g/mol. The smallest absolute Gasteiger partial charge is 0.101 e. The molecule has 0 bridgehead atoms. The maximum atomic E-state index is 8.56. The van der Waals surface area contributed by atoms with Crippen LogP contribution in [0.15, 0.2) is 12.1 Å². The van der Waals surface area contributed by atoms with Crippen molar-refractivity contribution >= 4 is 17.3 Å². The van der Waals surface area contributed by atoms with E-state index in [1.54, 1.807) is 12.1 Å². The van der Waals surface area contributed by atoms with E-state index in [0.29, 0.717) is 16.3 Å². The summed E-state index contributed by atoms with van der Waals surface area (Å²) in [7, 11) is 0. The van der Waals surface area contributed by atoms with Crippen molar-refractivity contribution in [1.29, 1.82) is 5.26 Å². The average Bonchev–Trinajstić information content (AvgIpc) is 1.97. The molecular weight excluding hydrogens is 160 g/mol. The van der Waals surface area contributed by atoms with Gasteiger partial charge in [-0.05, 0) is 24.6 Å². The largest absolute Gasteiger partial charge is 0.398 e. The van der Waals surface area contributed by atoms with Crippen molar-refractivity contribution in [3.05, 3.63) is 28.3 Å². The molecule has 3 heteroatoms. The van der Waals surface area contributed by atoms with Gasteiger partial charge in [-0.1, -0.05) is 11.6 Å². The first-order chi connectivity index (χ1) is 5.15. The van der Waals surface area contributed by atoms with E-state index < -0.39 is 0 Å². The quantitative estimate of drug-likeness (QED) is 0.600. The summed E-state index contributed by atoms with van der Waals surface area (Å²) in [4.78, 5) is 0. The zero-order valence-electron chi connectivity index (χ0n) is 6.06. The molecule has 0 aromatic heterocycles. The van der Waals surface area contributed by atoms with Crippen molar-refractivity contribution in [2.75, 3.05) is 5.73 Å². The fourth-order valence-corrected chi connectivity index (χ4v) is 0.997. The van der Waals surface area contributed by atoms with Crippen LogP contribution in [0.2, 0.25) is 5.02 Å². The van der Waals surface area contributed by atoms with Crippen molar-refractivity contribution in [3.8, 4) is 6.07 Å². The molecular formula is C8H7ClN2. The highest BCUT2D eigenvalue weighted by Crippen LogP contribution is 2.21. The number of nitrogen functional groups attached to an aromatic ring is 1. The zero-order chi connectivity index (χ0) is 8.43. The Hall–Kier alpha value is -1.20. The van der Waals surface area contributed by atoms with E-state index in [-0.39, 0.29) is 0 Å². The minimum absolute atomic E-state index is 0.413. The van der Waals surface area contributed by atoms with Gasteiger partial charge in [0.1, 0.15) is 6.07 Å². The lowest BCUT2D eigenvalue weighted by Crippen LogP contribution is -1.90. The molecule has 0 saturated carbocycles. The number of halogens is 1. The van der Waals surface area contributed by atoms with Gasteiger partial charge in [-0.2, -0.15) is 5.26 Å². The third-order valence-electron chi connectivity index (χ3n) is 1.48. The Morgan fingerprint density at radius 1 is 1.55 bits per heavy atom. The lowest BCUT2D eigenvalue weighted by Gasteiger charge is -2.00. The van der Waals surface area contributed by atoms with Crippen molar-refractivity contribution in [2.45, 2.75) is 6.92 Å². The lowest BCUT2D eigenvalue weighted by atomic mass is 10.1. The molecule has 11 heavy (non-hydrogen) atoms. The van der Waals surface area contributed by atoms with E-state index >= 15 is 0 Å². The number of rotatable bonds is 0. The molecule has 2 N–H and O–H groups in total. The van der Waals surface area contributed by atoms with Crippen molar-refractivity contribution in [2.24, 2.45) is 0 Å². The molecule has 0 aliphatic heterocycles. The summed E-state index contributed by atoms with van der Waals surface area (Å²) in [5.41, 5.74) is 7.52. The van der Waals surface area contributed by atoms with Crippen molar-refractivity contribution in [3.63, 3.8) is 0 Å². The van der Waals surface area contributed by atoms with Gasteiger partial charge in [-0.3, -0.25) is 0 Å². The van der Waals surface area contributed by atoms with Crippen LogP contribution < -0.4 is 5.73 Å². The molecule has 1 aromatic carbocycles. The molecule has 1 rings (SSSR count). The molecule has 0 atom stereocenters. The van der Waals surface area contributed by atoms with E-state index in [4.69, 9.17) is 22.6 Å². The molecule has 0 radical (unpaired) electrons. The standard InChI is InChI=1S/C8H7ClN2/c1-5-2-6(4-10)7(9)3-8(5)11/h2-3H,11H2,1H3. The summed E-state index contributed by atoms with van der Waals surface area (Å²) in [6.45, 7) is 1.84. The first-order valence-corrected chi connectivity index (χ1v) is 3.48. The summed E-state index contributed by atoms with van der Waals surface area (Å²) in [5, 5.41) is 8.97. The number of nitriles is 1. The van der Waals surface area contributed by atoms with Gasteiger partial charge in [-0.15, -0.1) is 0 Å². The summed E-state index contributed by atoms with van der Waals surface area (Å²) in [5.74, 6) is 0.